The minimum Gasteiger partial charge on any atom is -0.492 e. The number of hydrogen-bond donors (Lipinski definition) is 2. The minimum absolute atomic E-state index is 0.0682. The lowest BCUT2D eigenvalue weighted by Gasteiger charge is -2.22. The molecule has 0 aliphatic rings. The van der Waals surface area contributed by atoms with Crippen LogP contribution < -0.4 is 14.8 Å². The zero-order valence-corrected chi connectivity index (χ0v) is 16.5. The van der Waals surface area contributed by atoms with Crippen molar-refractivity contribution in [2.75, 3.05) is 45.6 Å². The van der Waals surface area contributed by atoms with Gasteiger partial charge in [-0.2, -0.15) is 0 Å². The van der Waals surface area contributed by atoms with Crippen molar-refractivity contribution in [1.82, 2.24) is 14.9 Å². The fourth-order valence-corrected chi connectivity index (χ4v) is 2.60. The van der Waals surface area contributed by atoms with E-state index >= 15 is 0 Å². The van der Waals surface area contributed by atoms with Gasteiger partial charge in [-0.05, 0) is 38.1 Å². The SMILES string of the molecule is CCNC(=NCCNS(=O)(=O)CC)N(C)CCOc1ccc(Cl)cc1. The van der Waals surface area contributed by atoms with Crippen molar-refractivity contribution in [2.45, 2.75) is 13.8 Å². The molecule has 1 rings (SSSR count). The largest absolute Gasteiger partial charge is 0.492 e. The lowest BCUT2D eigenvalue weighted by Crippen LogP contribution is -2.41. The van der Waals surface area contributed by atoms with E-state index in [1.54, 1.807) is 19.1 Å². The van der Waals surface area contributed by atoms with Crippen LogP contribution in [-0.2, 0) is 10.0 Å². The second kappa shape index (κ2) is 11.2. The molecule has 25 heavy (non-hydrogen) atoms. The molecule has 0 saturated heterocycles. The highest BCUT2D eigenvalue weighted by molar-refractivity contribution is 7.89. The predicted molar refractivity (Wildman–Crippen MR) is 103 cm³/mol. The molecule has 0 saturated carbocycles. The molecule has 0 spiro atoms. The Hall–Kier alpha value is -1.51. The van der Waals surface area contributed by atoms with Gasteiger partial charge in [0.1, 0.15) is 12.4 Å². The number of benzene rings is 1. The summed E-state index contributed by atoms with van der Waals surface area (Å²) in [4.78, 5) is 6.36. The molecule has 0 heterocycles. The fraction of sp³-hybridized carbons (Fsp3) is 0.562. The molecule has 7 nitrogen and oxygen atoms in total. The van der Waals surface area contributed by atoms with E-state index in [1.807, 2.05) is 31.0 Å². The van der Waals surface area contributed by atoms with Crippen molar-refractivity contribution in [1.29, 1.82) is 0 Å². The smallest absolute Gasteiger partial charge is 0.211 e. The molecule has 0 fully saturated rings. The summed E-state index contributed by atoms with van der Waals surface area (Å²) in [6, 6.07) is 7.20. The highest BCUT2D eigenvalue weighted by atomic mass is 35.5. The van der Waals surface area contributed by atoms with Gasteiger partial charge in [-0.3, -0.25) is 4.99 Å². The molecule has 0 bridgehead atoms. The van der Waals surface area contributed by atoms with Crippen molar-refractivity contribution in [3.8, 4) is 5.75 Å². The van der Waals surface area contributed by atoms with Crippen LogP contribution in [0, 0.1) is 0 Å². The molecular weight excluding hydrogens is 364 g/mol. The number of guanidine groups is 1. The molecule has 0 aliphatic carbocycles. The van der Waals surface area contributed by atoms with Gasteiger partial charge in [0.25, 0.3) is 0 Å². The van der Waals surface area contributed by atoms with Crippen LogP contribution in [0.2, 0.25) is 5.02 Å². The number of ether oxygens (including phenoxy) is 1. The van der Waals surface area contributed by atoms with E-state index in [0.29, 0.717) is 30.7 Å². The molecule has 1 aromatic rings. The van der Waals surface area contributed by atoms with Crippen LogP contribution in [0.3, 0.4) is 0 Å². The Morgan fingerprint density at radius 3 is 2.56 bits per heavy atom. The number of nitrogens with zero attached hydrogens (tertiary/aromatic N) is 2. The van der Waals surface area contributed by atoms with Crippen LogP contribution in [0.5, 0.6) is 5.75 Å². The molecule has 0 amide bonds. The van der Waals surface area contributed by atoms with Gasteiger partial charge in [0.2, 0.25) is 10.0 Å². The molecule has 1 aromatic carbocycles. The van der Waals surface area contributed by atoms with Crippen LogP contribution in [0.1, 0.15) is 13.8 Å². The quantitative estimate of drug-likeness (QED) is 0.360. The van der Waals surface area contributed by atoms with Crippen LogP contribution in [0.25, 0.3) is 0 Å². The molecule has 0 aromatic heterocycles. The Labute approximate surface area is 155 Å². The lowest BCUT2D eigenvalue weighted by atomic mass is 10.3. The Kier molecular flexibility index (Phi) is 9.62. The van der Waals surface area contributed by atoms with Crippen molar-refractivity contribution in [3.05, 3.63) is 29.3 Å². The van der Waals surface area contributed by atoms with Gasteiger partial charge in [0.15, 0.2) is 5.96 Å². The Morgan fingerprint density at radius 1 is 1.28 bits per heavy atom. The van der Waals surface area contributed by atoms with E-state index in [2.05, 4.69) is 15.0 Å². The number of halogens is 1. The number of hydrogen-bond acceptors (Lipinski definition) is 4. The van der Waals surface area contributed by atoms with Crippen LogP contribution in [-0.4, -0.2) is 64.9 Å². The van der Waals surface area contributed by atoms with E-state index in [9.17, 15) is 8.42 Å². The van der Waals surface area contributed by atoms with Gasteiger partial charge in [0, 0.05) is 25.2 Å². The zero-order chi connectivity index (χ0) is 18.7. The summed E-state index contributed by atoms with van der Waals surface area (Å²) in [6.07, 6.45) is 0. The Bertz CT molecular complexity index is 635. The van der Waals surface area contributed by atoms with Gasteiger partial charge in [-0.1, -0.05) is 11.6 Å². The number of aliphatic imine (C=N–C) groups is 1. The normalized spacial score (nSPS) is 12.1. The Morgan fingerprint density at radius 2 is 1.96 bits per heavy atom. The van der Waals surface area contributed by atoms with Crippen molar-refractivity contribution in [3.63, 3.8) is 0 Å². The summed E-state index contributed by atoms with van der Waals surface area (Å²) in [5.74, 6) is 1.53. The fourth-order valence-electron chi connectivity index (χ4n) is 1.87. The van der Waals surface area contributed by atoms with E-state index in [-0.39, 0.29) is 12.3 Å². The summed E-state index contributed by atoms with van der Waals surface area (Å²) < 4.78 is 30.9. The standard InChI is InChI=1S/C16H27ClN4O3S/c1-4-18-16(19-10-11-20-25(22,23)5-2)21(3)12-13-24-15-8-6-14(17)7-9-15/h6-9,20H,4-5,10-13H2,1-3H3,(H,18,19). The van der Waals surface area contributed by atoms with E-state index < -0.39 is 10.0 Å². The number of nitrogens with one attached hydrogen (secondary N) is 2. The van der Waals surface area contributed by atoms with E-state index in [4.69, 9.17) is 16.3 Å². The highest BCUT2D eigenvalue weighted by Crippen LogP contribution is 2.15. The first-order chi connectivity index (χ1) is 11.9. The average Bonchev–Trinajstić information content (AvgIpc) is 2.59. The second-order valence-corrected chi connectivity index (χ2v) is 7.79. The molecule has 142 valence electrons. The monoisotopic (exact) mass is 390 g/mol. The topological polar surface area (TPSA) is 83.0 Å². The van der Waals surface area contributed by atoms with Gasteiger partial charge in [-0.15, -0.1) is 0 Å². The molecule has 0 radical (unpaired) electrons. The summed E-state index contributed by atoms with van der Waals surface area (Å²) >= 11 is 5.84. The van der Waals surface area contributed by atoms with Gasteiger partial charge in [0.05, 0.1) is 18.8 Å². The van der Waals surface area contributed by atoms with Crippen LogP contribution >= 0.6 is 11.6 Å². The third kappa shape index (κ3) is 8.94. The van der Waals surface area contributed by atoms with E-state index in [1.165, 1.54) is 0 Å². The summed E-state index contributed by atoms with van der Waals surface area (Å²) in [5.41, 5.74) is 0. The number of rotatable bonds is 10. The van der Waals surface area contributed by atoms with Crippen LogP contribution in [0.15, 0.2) is 29.3 Å². The van der Waals surface area contributed by atoms with Gasteiger partial charge < -0.3 is 15.0 Å². The maximum atomic E-state index is 11.4. The molecule has 0 atom stereocenters. The first-order valence-corrected chi connectivity index (χ1v) is 10.3. The van der Waals surface area contributed by atoms with Crippen molar-refractivity contribution >= 4 is 27.6 Å². The second-order valence-electron chi connectivity index (χ2n) is 5.26. The van der Waals surface area contributed by atoms with Crippen molar-refractivity contribution < 1.29 is 13.2 Å². The molecule has 0 aliphatic heterocycles. The molecule has 0 unspecified atom stereocenters. The third-order valence-electron chi connectivity index (χ3n) is 3.28. The maximum Gasteiger partial charge on any atom is 0.211 e. The summed E-state index contributed by atoms with van der Waals surface area (Å²) in [6.45, 7) is 6.07. The van der Waals surface area contributed by atoms with Gasteiger partial charge >= 0.3 is 0 Å². The molecular formula is C16H27ClN4O3S. The molecule has 9 heteroatoms. The Balaban J connectivity index is 2.44. The summed E-state index contributed by atoms with van der Waals surface area (Å²) in [7, 11) is -1.27. The lowest BCUT2D eigenvalue weighted by molar-refractivity contribution is 0.281. The maximum absolute atomic E-state index is 11.4. The summed E-state index contributed by atoms with van der Waals surface area (Å²) in [5, 5.41) is 3.85. The molecule has 2 N–H and O–H groups in total. The van der Waals surface area contributed by atoms with E-state index in [0.717, 1.165) is 12.3 Å². The predicted octanol–water partition coefficient (Wildman–Crippen LogP) is 1.56. The zero-order valence-electron chi connectivity index (χ0n) is 15.0. The average molecular weight is 391 g/mol. The third-order valence-corrected chi connectivity index (χ3v) is 4.94. The highest BCUT2D eigenvalue weighted by Gasteiger charge is 2.07. The number of likely N-dealkylation sites (N-methyl/N-ethyl adjacent to an activating group) is 1. The minimum atomic E-state index is -3.18. The first-order valence-electron chi connectivity index (χ1n) is 8.23. The first kappa shape index (κ1) is 21.5. The van der Waals surface area contributed by atoms with Gasteiger partial charge in [-0.25, -0.2) is 13.1 Å². The number of sulfonamides is 1. The van der Waals surface area contributed by atoms with Crippen LogP contribution in [0.4, 0.5) is 0 Å². The van der Waals surface area contributed by atoms with Crippen molar-refractivity contribution in [2.24, 2.45) is 4.99 Å².